The van der Waals surface area contributed by atoms with E-state index in [1.165, 1.54) is 22.0 Å². The molecule has 0 aliphatic carbocycles. The molecule has 1 saturated heterocycles. The molecule has 3 nitrogen and oxygen atoms in total. The Balaban J connectivity index is 1.57. The molecule has 0 saturated carbocycles. The first-order valence-electron chi connectivity index (χ1n) is 9.02. The molecule has 3 aromatic rings. The molecule has 0 amide bonds. The van der Waals surface area contributed by atoms with E-state index in [9.17, 15) is 0 Å². The molecule has 0 spiro atoms. The van der Waals surface area contributed by atoms with E-state index in [4.69, 9.17) is 4.74 Å². The number of benzene rings is 3. The first-order chi connectivity index (χ1) is 12.7. The summed E-state index contributed by atoms with van der Waals surface area (Å²) >= 11 is 3.47. The van der Waals surface area contributed by atoms with E-state index in [2.05, 4.69) is 81.3 Å². The van der Waals surface area contributed by atoms with Gasteiger partial charge in [0.2, 0.25) is 0 Å². The number of ether oxygens (including phenoxy) is 1. The summed E-state index contributed by atoms with van der Waals surface area (Å²) in [5.41, 5.74) is 2.48. The van der Waals surface area contributed by atoms with Crippen molar-refractivity contribution in [2.75, 3.05) is 38.1 Å². The van der Waals surface area contributed by atoms with Gasteiger partial charge < -0.3 is 14.5 Å². The SMILES string of the molecule is CN1CCN(c2cccc3ccc(OCc4ccc(Br)cc4)cc23)CC1. The van der Waals surface area contributed by atoms with Gasteiger partial charge in [0.1, 0.15) is 12.4 Å². The van der Waals surface area contributed by atoms with Crippen LogP contribution in [0.4, 0.5) is 5.69 Å². The van der Waals surface area contributed by atoms with Crippen LogP contribution in [0.25, 0.3) is 10.8 Å². The topological polar surface area (TPSA) is 15.7 Å². The summed E-state index contributed by atoms with van der Waals surface area (Å²) in [6, 6.07) is 21.2. The molecule has 1 aliphatic heterocycles. The summed E-state index contributed by atoms with van der Waals surface area (Å²) < 4.78 is 7.14. The zero-order valence-electron chi connectivity index (χ0n) is 15.0. The predicted octanol–water partition coefficient (Wildman–Crippen LogP) is 4.93. The minimum absolute atomic E-state index is 0.579. The van der Waals surface area contributed by atoms with Gasteiger partial charge in [0.05, 0.1) is 0 Å². The van der Waals surface area contributed by atoms with Gasteiger partial charge in [0, 0.05) is 41.7 Å². The highest BCUT2D eigenvalue weighted by Gasteiger charge is 2.16. The average Bonchev–Trinajstić information content (AvgIpc) is 2.68. The molecule has 0 radical (unpaired) electrons. The van der Waals surface area contributed by atoms with Crippen LogP contribution < -0.4 is 9.64 Å². The predicted molar refractivity (Wildman–Crippen MR) is 112 cm³/mol. The molecule has 0 N–H and O–H groups in total. The van der Waals surface area contributed by atoms with Crippen molar-refractivity contribution in [3.63, 3.8) is 0 Å². The average molecular weight is 411 g/mol. The lowest BCUT2D eigenvalue weighted by molar-refractivity contribution is 0.306. The molecule has 0 aromatic heterocycles. The lowest BCUT2D eigenvalue weighted by Gasteiger charge is -2.34. The summed E-state index contributed by atoms with van der Waals surface area (Å²) in [6.07, 6.45) is 0. The van der Waals surface area contributed by atoms with Gasteiger partial charge in [-0.1, -0.05) is 46.3 Å². The van der Waals surface area contributed by atoms with Gasteiger partial charge in [0.15, 0.2) is 0 Å². The highest BCUT2D eigenvalue weighted by Crippen LogP contribution is 2.31. The van der Waals surface area contributed by atoms with Crippen molar-refractivity contribution in [2.45, 2.75) is 6.61 Å². The number of nitrogens with zero attached hydrogens (tertiary/aromatic N) is 2. The summed E-state index contributed by atoms with van der Waals surface area (Å²) in [7, 11) is 2.19. The molecule has 4 rings (SSSR count). The maximum absolute atomic E-state index is 6.06. The van der Waals surface area contributed by atoms with Gasteiger partial charge in [-0.15, -0.1) is 0 Å². The summed E-state index contributed by atoms with van der Waals surface area (Å²) in [5.74, 6) is 0.919. The van der Waals surface area contributed by atoms with E-state index in [0.29, 0.717) is 6.61 Å². The zero-order chi connectivity index (χ0) is 17.9. The van der Waals surface area contributed by atoms with E-state index >= 15 is 0 Å². The number of halogens is 1. The second-order valence-electron chi connectivity index (χ2n) is 6.87. The third-order valence-electron chi connectivity index (χ3n) is 4.99. The zero-order valence-corrected chi connectivity index (χ0v) is 16.6. The molecule has 0 atom stereocenters. The molecule has 1 aliphatic rings. The molecule has 4 heteroatoms. The second kappa shape index (κ2) is 7.68. The normalized spacial score (nSPS) is 15.4. The van der Waals surface area contributed by atoms with Crippen molar-refractivity contribution in [2.24, 2.45) is 0 Å². The third-order valence-corrected chi connectivity index (χ3v) is 5.52. The Bertz CT molecular complexity index is 886. The monoisotopic (exact) mass is 410 g/mol. The second-order valence-corrected chi connectivity index (χ2v) is 7.78. The largest absolute Gasteiger partial charge is 0.489 e. The summed E-state index contributed by atoms with van der Waals surface area (Å²) in [6.45, 7) is 4.93. The maximum atomic E-state index is 6.06. The van der Waals surface area contributed by atoms with Crippen molar-refractivity contribution < 1.29 is 4.74 Å². The summed E-state index contributed by atoms with van der Waals surface area (Å²) in [5, 5.41) is 2.53. The molecular formula is C22H23BrN2O. The standard InChI is InChI=1S/C22H23BrN2O/c1-24-11-13-25(14-12-24)22-4-2-3-18-7-10-20(15-21(18)22)26-16-17-5-8-19(23)9-6-17/h2-10,15H,11-14,16H2,1H3. The van der Waals surface area contributed by atoms with E-state index in [0.717, 1.165) is 36.4 Å². The van der Waals surface area contributed by atoms with E-state index in [1.807, 2.05) is 12.1 Å². The molecule has 1 heterocycles. The van der Waals surface area contributed by atoms with Gasteiger partial charge in [-0.2, -0.15) is 0 Å². The molecule has 134 valence electrons. The first kappa shape index (κ1) is 17.4. The number of anilines is 1. The highest BCUT2D eigenvalue weighted by atomic mass is 79.9. The Kier molecular flexibility index (Phi) is 5.14. The number of piperazine rings is 1. The van der Waals surface area contributed by atoms with Crippen molar-refractivity contribution in [1.82, 2.24) is 4.90 Å². The van der Waals surface area contributed by atoms with Crippen molar-refractivity contribution >= 4 is 32.4 Å². The molecule has 0 bridgehead atoms. The van der Waals surface area contributed by atoms with Crippen LogP contribution in [0.5, 0.6) is 5.75 Å². The summed E-state index contributed by atoms with van der Waals surface area (Å²) in [4.78, 5) is 4.87. The first-order valence-corrected chi connectivity index (χ1v) is 9.82. The van der Waals surface area contributed by atoms with Crippen molar-refractivity contribution in [1.29, 1.82) is 0 Å². The molecule has 26 heavy (non-hydrogen) atoms. The Labute approximate surface area is 163 Å². The molecule has 0 unspecified atom stereocenters. The van der Waals surface area contributed by atoms with E-state index < -0.39 is 0 Å². The Hall–Kier alpha value is -2.04. The smallest absolute Gasteiger partial charge is 0.120 e. The fourth-order valence-corrected chi connectivity index (χ4v) is 3.66. The minimum Gasteiger partial charge on any atom is -0.489 e. The van der Waals surface area contributed by atoms with Crippen molar-refractivity contribution in [3.05, 3.63) is 70.7 Å². The van der Waals surface area contributed by atoms with E-state index in [1.54, 1.807) is 0 Å². The highest BCUT2D eigenvalue weighted by molar-refractivity contribution is 9.10. The van der Waals surface area contributed by atoms with Gasteiger partial charge in [0.25, 0.3) is 0 Å². The minimum atomic E-state index is 0.579. The lowest BCUT2D eigenvalue weighted by Crippen LogP contribution is -2.44. The van der Waals surface area contributed by atoms with Gasteiger partial charge >= 0.3 is 0 Å². The van der Waals surface area contributed by atoms with Crippen LogP contribution in [0, 0.1) is 0 Å². The Morgan fingerprint density at radius 2 is 1.69 bits per heavy atom. The molecule has 1 fully saturated rings. The molecule has 3 aromatic carbocycles. The van der Waals surface area contributed by atoms with Gasteiger partial charge in [-0.3, -0.25) is 0 Å². The quantitative estimate of drug-likeness (QED) is 0.605. The Morgan fingerprint density at radius 1 is 0.923 bits per heavy atom. The third kappa shape index (κ3) is 3.87. The van der Waals surface area contributed by atoms with Crippen LogP contribution >= 0.6 is 15.9 Å². The van der Waals surface area contributed by atoms with Crippen LogP contribution in [0.1, 0.15) is 5.56 Å². The van der Waals surface area contributed by atoms with Crippen LogP contribution in [0.2, 0.25) is 0 Å². The maximum Gasteiger partial charge on any atom is 0.120 e. The number of likely N-dealkylation sites (N-methyl/N-ethyl adjacent to an activating group) is 1. The van der Waals surface area contributed by atoms with E-state index in [-0.39, 0.29) is 0 Å². The number of hydrogen-bond acceptors (Lipinski definition) is 3. The fraction of sp³-hybridized carbons (Fsp3) is 0.273. The number of fused-ring (bicyclic) bond motifs is 1. The number of rotatable bonds is 4. The van der Waals surface area contributed by atoms with Crippen molar-refractivity contribution in [3.8, 4) is 5.75 Å². The molecular weight excluding hydrogens is 388 g/mol. The van der Waals surface area contributed by atoms with Crippen LogP contribution in [0.15, 0.2) is 65.1 Å². The van der Waals surface area contributed by atoms with Gasteiger partial charge in [-0.25, -0.2) is 0 Å². The fourth-order valence-electron chi connectivity index (χ4n) is 3.40. The Morgan fingerprint density at radius 3 is 2.46 bits per heavy atom. The lowest BCUT2D eigenvalue weighted by atomic mass is 10.1. The van der Waals surface area contributed by atoms with Crippen LogP contribution in [-0.2, 0) is 6.61 Å². The van der Waals surface area contributed by atoms with Crippen LogP contribution in [0.3, 0.4) is 0 Å². The number of hydrogen-bond donors (Lipinski definition) is 0. The van der Waals surface area contributed by atoms with Gasteiger partial charge in [-0.05, 0) is 48.3 Å². The van der Waals surface area contributed by atoms with Crippen LogP contribution in [-0.4, -0.2) is 38.1 Å².